The van der Waals surface area contributed by atoms with Gasteiger partial charge < -0.3 is 48.9 Å². The highest BCUT2D eigenvalue weighted by molar-refractivity contribution is 5.93. The van der Waals surface area contributed by atoms with Crippen LogP contribution in [0.25, 0.3) is 0 Å². The molecule has 5 unspecified atom stereocenters. The number of amides is 6. The molecule has 6 amide bonds. The first kappa shape index (κ1) is 34.2. The van der Waals surface area contributed by atoms with Crippen molar-refractivity contribution in [2.45, 2.75) is 83.1 Å². The Bertz CT molecular complexity index is 866. The molecule has 0 fully saturated rings. The number of carboxylic acids is 1. The number of carboxylic acid groups (broad SMARTS) is 1. The Labute approximate surface area is 220 Å². The number of unbranched alkanes of at least 4 members (excludes halogenated alkanes) is 1. The largest absolute Gasteiger partial charge is 0.480 e. The predicted octanol–water partition coefficient (Wildman–Crippen LogP) is -4.09. The van der Waals surface area contributed by atoms with Crippen LogP contribution in [-0.2, 0) is 33.6 Å². The first-order chi connectivity index (χ1) is 17.7. The van der Waals surface area contributed by atoms with Crippen molar-refractivity contribution in [3.63, 3.8) is 0 Å². The number of carbonyl (C=O) groups excluding carboxylic acids is 6. The Morgan fingerprint density at radius 3 is 1.87 bits per heavy atom. The molecule has 0 spiro atoms. The summed E-state index contributed by atoms with van der Waals surface area (Å²) >= 11 is 0. The Hall–Kier alpha value is -3.79. The zero-order chi connectivity index (χ0) is 29.4. The normalized spacial score (nSPS) is 14.6. The van der Waals surface area contributed by atoms with Crippen LogP contribution in [-0.4, -0.2) is 89.8 Å². The van der Waals surface area contributed by atoms with Gasteiger partial charge in [0.25, 0.3) is 0 Å². The molecule has 16 heteroatoms. The number of hydrogen-bond donors (Lipinski definition) is 9. The van der Waals surface area contributed by atoms with Gasteiger partial charge in [-0.15, -0.1) is 0 Å². The monoisotopic (exact) mass is 544 g/mol. The Morgan fingerprint density at radius 2 is 1.34 bits per heavy atom. The van der Waals surface area contributed by atoms with Gasteiger partial charge in [-0.1, -0.05) is 0 Å². The summed E-state index contributed by atoms with van der Waals surface area (Å²) in [5.74, 6) is -5.16. The fourth-order valence-electron chi connectivity index (χ4n) is 2.95. The maximum atomic E-state index is 12.8. The third-order valence-corrected chi connectivity index (χ3v) is 5.29. The molecule has 0 heterocycles. The van der Waals surface area contributed by atoms with Gasteiger partial charge >= 0.3 is 5.97 Å². The molecular formula is C22H40N8O8. The maximum Gasteiger partial charge on any atom is 0.325 e. The number of rotatable bonds is 18. The number of carbonyl (C=O) groups is 7. The summed E-state index contributed by atoms with van der Waals surface area (Å²) < 4.78 is 0. The van der Waals surface area contributed by atoms with Crippen LogP contribution >= 0.6 is 0 Å². The molecule has 0 aliphatic carbocycles. The fourth-order valence-corrected chi connectivity index (χ4v) is 2.95. The summed E-state index contributed by atoms with van der Waals surface area (Å²) in [6, 6.07) is -5.43. The standard InChI is InChI=1S/C22H40N8O8/c1-11(24)19(34)30-14(18(25)33)7-8-16(31)29-15(6-4-5-9-26-17(32)10-23)21(36)27-12(2)20(35)28-13(3)22(37)38/h11-15H,4-10,23-24H2,1-3H3,(H2,25,33)(H,26,32)(H,27,36)(H,28,35)(H,29,31)(H,30,34)(H,37,38). The van der Waals surface area contributed by atoms with Crippen LogP contribution in [0.2, 0.25) is 0 Å². The molecule has 5 atom stereocenters. The lowest BCUT2D eigenvalue weighted by Crippen LogP contribution is -2.54. The molecule has 0 radical (unpaired) electrons. The summed E-state index contributed by atoms with van der Waals surface area (Å²) in [7, 11) is 0. The van der Waals surface area contributed by atoms with E-state index >= 15 is 0 Å². The third-order valence-electron chi connectivity index (χ3n) is 5.29. The average molecular weight is 545 g/mol. The minimum Gasteiger partial charge on any atom is -0.480 e. The predicted molar refractivity (Wildman–Crippen MR) is 135 cm³/mol. The number of aliphatic carboxylic acids is 1. The van der Waals surface area contributed by atoms with Crippen LogP contribution in [0, 0.1) is 0 Å². The Balaban J connectivity index is 5.20. The second kappa shape index (κ2) is 17.6. The van der Waals surface area contributed by atoms with E-state index in [2.05, 4.69) is 26.6 Å². The van der Waals surface area contributed by atoms with E-state index in [4.69, 9.17) is 22.3 Å². The second-order valence-corrected chi connectivity index (χ2v) is 8.76. The van der Waals surface area contributed by atoms with Gasteiger partial charge in [-0.3, -0.25) is 33.6 Å². The van der Waals surface area contributed by atoms with Gasteiger partial charge in [-0.05, 0) is 46.5 Å². The zero-order valence-corrected chi connectivity index (χ0v) is 21.9. The minimum absolute atomic E-state index is 0.136. The SMILES string of the molecule is CC(N)C(=O)NC(CCC(=O)NC(CCCCNC(=O)CN)C(=O)NC(C)C(=O)NC(C)C(=O)O)C(N)=O. The molecule has 16 nitrogen and oxygen atoms in total. The molecule has 0 saturated carbocycles. The van der Waals surface area contributed by atoms with Crippen LogP contribution in [0.1, 0.15) is 52.9 Å². The highest BCUT2D eigenvalue weighted by Crippen LogP contribution is 2.05. The van der Waals surface area contributed by atoms with Crippen molar-refractivity contribution in [2.75, 3.05) is 13.1 Å². The Morgan fingerprint density at radius 1 is 0.737 bits per heavy atom. The van der Waals surface area contributed by atoms with E-state index in [0.717, 1.165) is 0 Å². The summed E-state index contributed by atoms with van der Waals surface area (Å²) in [5.41, 5.74) is 16.0. The van der Waals surface area contributed by atoms with Crippen LogP contribution in [0.4, 0.5) is 0 Å². The smallest absolute Gasteiger partial charge is 0.325 e. The molecule has 0 aliphatic rings. The summed E-state index contributed by atoms with van der Waals surface area (Å²) in [6.07, 6.45) is 0.579. The molecule has 216 valence electrons. The van der Waals surface area contributed by atoms with Gasteiger partial charge in [0.05, 0.1) is 12.6 Å². The number of nitrogens with one attached hydrogen (secondary N) is 5. The molecule has 38 heavy (non-hydrogen) atoms. The lowest BCUT2D eigenvalue weighted by molar-refractivity contribution is -0.141. The van der Waals surface area contributed by atoms with E-state index in [1.807, 2.05) is 0 Å². The molecule has 0 aromatic rings. The van der Waals surface area contributed by atoms with E-state index in [1.165, 1.54) is 20.8 Å². The van der Waals surface area contributed by atoms with Crippen molar-refractivity contribution in [1.29, 1.82) is 0 Å². The van der Waals surface area contributed by atoms with Crippen molar-refractivity contribution < 1.29 is 38.7 Å². The molecule has 0 aliphatic heterocycles. The van der Waals surface area contributed by atoms with E-state index in [-0.39, 0.29) is 31.7 Å². The zero-order valence-electron chi connectivity index (χ0n) is 21.9. The molecular weight excluding hydrogens is 504 g/mol. The summed E-state index contributed by atoms with van der Waals surface area (Å²) in [5, 5.41) is 21.0. The number of hydrogen-bond acceptors (Lipinski definition) is 9. The van der Waals surface area contributed by atoms with Gasteiger partial charge in [0.2, 0.25) is 35.4 Å². The highest BCUT2D eigenvalue weighted by Gasteiger charge is 2.27. The van der Waals surface area contributed by atoms with Gasteiger partial charge in [0.1, 0.15) is 24.2 Å². The lowest BCUT2D eigenvalue weighted by Gasteiger charge is -2.22. The topological polar surface area (TPSA) is 278 Å². The quantitative estimate of drug-likeness (QED) is 0.0752. The third kappa shape index (κ3) is 14.1. The van der Waals surface area contributed by atoms with Crippen molar-refractivity contribution in [3.05, 3.63) is 0 Å². The van der Waals surface area contributed by atoms with E-state index in [9.17, 15) is 33.6 Å². The molecule has 0 aromatic heterocycles. The van der Waals surface area contributed by atoms with Gasteiger partial charge in [-0.2, -0.15) is 0 Å². The fraction of sp³-hybridized carbons (Fsp3) is 0.682. The van der Waals surface area contributed by atoms with Gasteiger partial charge in [-0.25, -0.2) is 0 Å². The van der Waals surface area contributed by atoms with Crippen molar-refractivity contribution in [2.24, 2.45) is 17.2 Å². The molecule has 0 rings (SSSR count). The first-order valence-electron chi connectivity index (χ1n) is 12.1. The van der Waals surface area contributed by atoms with E-state index in [1.54, 1.807) is 0 Å². The van der Waals surface area contributed by atoms with Crippen LogP contribution in [0.3, 0.4) is 0 Å². The van der Waals surface area contributed by atoms with E-state index in [0.29, 0.717) is 19.4 Å². The van der Waals surface area contributed by atoms with Crippen molar-refractivity contribution in [3.8, 4) is 0 Å². The molecule has 0 saturated heterocycles. The maximum absolute atomic E-state index is 12.8. The van der Waals surface area contributed by atoms with E-state index < -0.39 is 65.7 Å². The number of primary amides is 1. The lowest BCUT2D eigenvalue weighted by atomic mass is 10.1. The first-order valence-corrected chi connectivity index (χ1v) is 12.1. The minimum atomic E-state index is -1.25. The van der Waals surface area contributed by atoms with Crippen LogP contribution in [0.5, 0.6) is 0 Å². The molecule has 0 bridgehead atoms. The average Bonchev–Trinajstić information content (AvgIpc) is 2.84. The van der Waals surface area contributed by atoms with Crippen molar-refractivity contribution in [1.82, 2.24) is 26.6 Å². The molecule has 12 N–H and O–H groups in total. The van der Waals surface area contributed by atoms with Gasteiger partial charge in [0.15, 0.2) is 0 Å². The summed E-state index contributed by atoms with van der Waals surface area (Å²) in [4.78, 5) is 83.2. The Kier molecular flexibility index (Phi) is 15.9. The molecule has 0 aromatic carbocycles. The highest BCUT2D eigenvalue weighted by atomic mass is 16.4. The number of nitrogens with two attached hydrogens (primary N) is 3. The summed E-state index contributed by atoms with van der Waals surface area (Å²) in [6.45, 7) is 4.15. The van der Waals surface area contributed by atoms with Gasteiger partial charge in [0, 0.05) is 13.0 Å². The second-order valence-electron chi connectivity index (χ2n) is 8.76. The van der Waals surface area contributed by atoms with Crippen molar-refractivity contribution >= 4 is 41.4 Å². The van der Waals surface area contributed by atoms with Crippen LogP contribution in [0.15, 0.2) is 0 Å². The van der Waals surface area contributed by atoms with Crippen LogP contribution < -0.4 is 43.8 Å².